The molecule has 0 atom stereocenters. The van der Waals surface area contributed by atoms with Crippen LogP contribution in [0.3, 0.4) is 0 Å². The summed E-state index contributed by atoms with van der Waals surface area (Å²) in [6, 6.07) is 6.64. The predicted octanol–water partition coefficient (Wildman–Crippen LogP) is 8.15. The molecular formula is C22H37Cl. The second kappa shape index (κ2) is 13.9. The highest BCUT2D eigenvalue weighted by atomic mass is 35.5. The summed E-state index contributed by atoms with van der Waals surface area (Å²) < 4.78 is 0. The molecule has 0 unspecified atom stereocenters. The average Bonchev–Trinajstić information content (AvgIpc) is 2.56. The highest BCUT2D eigenvalue weighted by Crippen LogP contribution is 2.25. The van der Waals surface area contributed by atoms with Gasteiger partial charge in [0.2, 0.25) is 0 Å². The van der Waals surface area contributed by atoms with Gasteiger partial charge in [-0.3, -0.25) is 0 Å². The molecule has 0 heterocycles. The van der Waals surface area contributed by atoms with Crippen molar-refractivity contribution in [1.29, 1.82) is 0 Å². The third-order valence-electron chi connectivity index (χ3n) is 4.76. The van der Waals surface area contributed by atoms with Crippen LogP contribution in [0.4, 0.5) is 0 Å². The summed E-state index contributed by atoms with van der Waals surface area (Å²) in [6.45, 7) is 4.55. The summed E-state index contributed by atoms with van der Waals surface area (Å²) in [5.41, 5.74) is 2.73. The van der Waals surface area contributed by atoms with Crippen LogP contribution in [0.2, 0.25) is 5.02 Å². The lowest BCUT2D eigenvalue weighted by Crippen LogP contribution is -1.94. The van der Waals surface area contributed by atoms with Gasteiger partial charge in [0.05, 0.1) is 0 Å². The molecule has 0 radical (unpaired) electrons. The standard InChI is InChI=1S/C22H37Cl/c1-3-5-7-9-11-13-16-20-18-15-19-21(22(20)23)17-14-12-10-8-6-4-2/h15,18-19H,3-14,16-17H2,1-2H3. The SMILES string of the molecule is CCCCCCCCc1cccc(CCCCCCCC)c1Cl. The van der Waals surface area contributed by atoms with E-state index in [4.69, 9.17) is 11.6 Å². The van der Waals surface area contributed by atoms with Crippen LogP contribution in [0, 0.1) is 0 Å². The van der Waals surface area contributed by atoms with Gasteiger partial charge >= 0.3 is 0 Å². The van der Waals surface area contributed by atoms with E-state index in [0.29, 0.717) is 0 Å². The minimum absolute atomic E-state index is 1.05. The molecule has 0 N–H and O–H groups in total. The highest BCUT2D eigenvalue weighted by molar-refractivity contribution is 6.32. The highest BCUT2D eigenvalue weighted by Gasteiger charge is 2.06. The van der Waals surface area contributed by atoms with E-state index in [2.05, 4.69) is 32.0 Å². The van der Waals surface area contributed by atoms with Crippen LogP contribution < -0.4 is 0 Å². The Morgan fingerprint density at radius 2 is 1.00 bits per heavy atom. The van der Waals surface area contributed by atoms with E-state index in [-0.39, 0.29) is 0 Å². The van der Waals surface area contributed by atoms with Gasteiger partial charge in [-0.2, -0.15) is 0 Å². The van der Waals surface area contributed by atoms with Crippen LogP contribution in [0.5, 0.6) is 0 Å². The quantitative estimate of drug-likeness (QED) is 0.301. The Hall–Kier alpha value is -0.490. The van der Waals surface area contributed by atoms with Crippen molar-refractivity contribution in [2.75, 3.05) is 0 Å². The normalized spacial score (nSPS) is 11.1. The first-order valence-corrected chi connectivity index (χ1v) is 10.4. The number of aryl methyl sites for hydroxylation is 2. The molecule has 0 aliphatic rings. The molecule has 0 nitrogen and oxygen atoms in total. The zero-order chi connectivity index (χ0) is 16.8. The first kappa shape index (κ1) is 20.6. The summed E-state index contributed by atoms with van der Waals surface area (Å²) >= 11 is 6.63. The van der Waals surface area contributed by atoms with Crippen molar-refractivity contribution < 1.29 is 0 Å². The van der Waals surface area contributed by atoms with E-state index in [1.54, 1.807) is 0 Å². The molecule has 1 aromatic rings. The number of unbranched alkanes of at least 4 members (excludes halogenated alkanes) is 10. The van der Waals surface area contributed by atoms with Gasteiger partial charge in [0.25, 0.3) is 0 Å². The molecule has 1 rings (SSSR count). The molecule has 23 heavy (non-hydrogen) atoms. The second-order valence-corrected chi connectivity index (χ2v) is 7.30. The first-order valence-electron chi connectivity index (χ1n) is 10.1. The summed E-state index contributed by atoms with van der Waals surface area (Å²) in [5.74, 6) is 0. The Bertz CT molecular complexity index is 363. The van der Waals surface area contributed by atoms with E-state index >= 15 is 0 Å². The molecule has 0 spiro atoms. The monoisotopic (exact) mass is 336 g/mol. The number of rotatable bonds is 14. The van der Waals surface area contributed by atoms with Gasteiger partial charge in [-0.05, 0) is 36.8 Å². The fraction of sp³-hybridized carbons (Fsp3) is 0.727. The third kappa shape index (κ3) is 9.40. The van der Waals surface area contributed by atoms with Crippen molar-refractivity contribution in [3.63, 3.8) is 0 Å². The molecular weight excluding hydrogens is 300 g/mol. The van der Waals surface area contributed by atoms with Gasteiger partial charge in [-0.15, -0.1) is 0 Å². The Labute approximate surface area is 150 Å². The Morgan fingerprint density at radius 1 is 0.609 bits per heavy atom. The lowest BCUT2D eigenvalue weighted by atomic mass is 10.00. The number of hydrogen-bond donors (Lipinski definition) is 0. The molecule has 0 aliphatic heterocycles. The van der Waals surface area contributed by atoms with Crippen LogP contribution in [-0.2, 0) is 12.8 Å². The second-order valence-electron chi connectivity index (χ2n) is 6.93. The molecule has 0 amide bonds. The maximum Gasteiger partial charge on any atom is 0.0469 e. The van der Waals surface area contributed by atoms with E-state index in [0.717, 1.165) is 17.9 Å². The fourth-order valence-corrected chi connectivity index (χ4v) is 3.53. The van der Waals surface area contributed by atoms with Crippen molar-refractivity contribution in [2.45, 2.75) is 104 Å². The first-order chi connectivity index (χ1) is 11.3. The van der Waals surface area contributed by atoms with Gasteiger partial charge in [0.1, 0.15) is 0 Å². The zero-order valence-electron chi connectivity index (χ0n) is 15.5. The van der Waals surface area contributed by atoms with E-state index in [1.807, 2.05) is 0 Å². The van der Waals surface area contributed by atoms with Crippen LogP contribution in [-0.4, -0.2) is 0 Å². The minimum atomic E-state index is 1.05. The van der Waals surface area contributed by atoms with Crippen LogP contribution in [0.15, 0.2) is 18.2 Å². The third-order valence-corrected chi connectivity index (χ3v) is 5.24. The Kier molecular flexibility index (Phi) is 12.4. The maximum atomic E-state index is 6.63. The average molecular weight is 337 g/mol. The van der Waals surface area contributed by atoms with Crippen molar-refractivity contribution in [3.8, 4) is 0 Å². The molecule has 132 valence electrons. The topological polar surface area (TPSA) is 0 Å². The summed E-state index contributed by atoms with van der Waals surface area (Å²) in [7, 11) is 0. The van der Waals surface area contributed by atoms with Crippen LogP contribution in [0.1, 0.15) is 102 Å². The van der Waals surface area contributed by atoms with Crippen LogP contribution >= 0.6 is 11.6 Å². The number of benzene rings is 1. The maximum absolute atomic E-state index is 6.63. The summed E-state index contributed by atoms with van der Waals surface area (Å²) in [4.78, 5) is 0. The number of halogens is 1. The van der Waals surface area contributed by atoms with Crippen molar-refractivity contribution in [3.05, 3.63) is 34.3 Å². The molecule has 0 saturated carbocycles. The van der Waals surface area contributed by atoms with E-state index < -0.39 is 0 Å². The molecule has 1 heteroatoms. The van der Waals surface area contributed by atoms with Crippen molar-refractivity contribution in [2.24, 2.45) is 0 Å². The van der Waals surface area contributed by atoms with Gasteiger partial charge in [0, 0.05) is 5.02 Å². The van der Waals surface area contributed by atoms with E-state index in [9.17, 15) is 0 Å². The molecule has 0 aromatic heterocycles. The largest absolute Gasteiger partial charge is 0.0837 e. The lowest BCUT2D eigenvalue weighted by molar-refractivity contribution is 0.605. The predicted molar refractivity (Wildman–Crippen MR) is 106 cm³/mol. The number of hydrogen-bond acceptors (Lipinski definition) is 0. The van der Waals surface area contributed by atoms with Gasteiger partial charge in [-0.1, -0.05) is 108 Å². The summed E-state index contributed by atoms with van der Waals surface area (Å²) in [6.07, 6.45) is 18.5. The molecule has 0 aliphatic carbocycles. The lowest BCUT2D eigenvalue weighted by Gasteiger charge is -2.10. The van der Waals surface area contributed by atoms with Gasteiger partial charge in [-0.25, -0.2) is 0 Å². The van der Waals surface area contributed by atoms with Crippen molar-refractivity contribution >= 4 is 11.6 Å². The fourth-order valence-electron chi connectivity index (χ4n) is 3.21. The van der Waals surface area contributed by atoms with Crippen molar-refractivity contribution in [1.82, 2.24) is 0 Å². The van der Waals surface area contributed by atoms with E-state index in [1.165, 1.54) is 88.2 Å². The van der Waals surface area contributed by atoms with Gasteiger partial charge in [0.15, 0.2) is 0 Å². The zero-order valence-corrected chi connectivity index (χ0v) is 16.3. The Morgan fingerprint density at radius 3 is 1.43 bits per heavy atom. The summed E-state index contributed by atoms with van der Waals surface area (Å²) in [5, 5.41) is 1.05. The molecule has 1 aromatic carbocycles. The Balaban J connectivity index is 2.27. The molecule has 0 saturated heterocycles. The van der Waals surface area contributed by atoms with Crippen LogP contribution in [0.25, 0.3) is 0 Å². The van der Waals surface area contributed by atoms with Gasteiger partial charge < -0.3 is 0 Å². The molecule has 0 fully saturated rings. The molecule has 0 bridgehead atoms. The minimum Gasteiger partial charge on any atom is -0.0837 e. The smallest absolute Gasteiger partial charge is 0.0469 e.